The quantitative estimate of drug-likeness (QED) is 0.733. The number of ether oxygens (including phenoxy) is 2. The van der Waals surface area contributed by atoms with E-state index in [2.05, 4.69) is 30.8 Å². The molecule has 2 aliphatic heterocycles. The van der Waals surface area contributed by atoms with Crippen LogP contribution in [0.25, 0.3) is 5.65 Å². The molecule has 10 heteroatoms. The minimum Gasteiger partial charge on any atom is -0.454 e. The molecule has 0 aliphatic carbocycles. The summed E-state index contributed by atoms with van der Waals surface area (Å²) in [6, 6.07) is 9.16. The summed E-state index contributed by atoms with van der Waals surface area (Å²) in [5.74, 6) is 2.16. The number of hydrogen-bond donors (Lipinski definition) is 1. The second-order valence-electron chi connectivity index (χ2n) is 6.54. The van der Waals surface area contributed by atoms with Crippen molar-refractivity contribution in [1.82, 2.24) is 25.3 Å². The molecule has 3 aromatic rings. The zero-order valence-electron chi connectivity index (χ0n) is 14.4. The summed E-state index contributed by atoms with van der Waals surface area (Å²) in [7, 11) is 0. The first kappa shape index (κ1) is 15.8. The van der Waals surface area contributed by atoms with Crippen molar-refractivity contribution < 1.29 is 14.3 Å². The Labute approximate surface area is 154 Å². The van der Waals surface area contributed by atoms with Crippen LogP contribution in [0.4, 0.5) is 11.5 Å². The van der Waals surface area contributed by atoms with E-state index in [0.29, 0.717) is 17.1 Å². The summed E-state index contributed by atoms with van der Waals surface area (Å²) in [5.41, 5.74) is 1.33. The third-order valence-corrected chi connectivity index (χ3v) is 4.89. The highest BCUT2D eigenvalue weighted by Gasteiger charge is 2.26. The zero-order chi connectivity index (χ0) is 18.2. The van der Waals surface area contributed by atoms with Crippen LogP contribution in [0.3, 0.4) is 0 Å². The standard InChI is InChI=1S/C17H17N7O3/c25-17(18-12-1-2-13-14(9-12)27-10-26-13)11-5-7-23(8-6-11)16-4-3-15-19-21-22-24(15)20-16/h1-4,9,11H,5-8,10H2,(H,18,25). The molecule has 10 nitrogen and oxygen atoms in total. The Morgan fingerprint density at radius 2 is 1.96 bits per heavy atom. The first-order valence-corrected chi connectivity index (χ1v) is 8.77. The summed E-state index contributed by atoms with van der Waals surface area (Å²) >= 11 is 0. The van der Waals surface area contributed by atoms with Crippen LogP contribution in [0.1, 0.15) is 12.8 Å². The van der Waals surface area contributed by atoms with Crippen LogP contribution in [0.15, 0.2) is 30.3 Å². The summed E-state index contributed by atoms with van der Waals surface area (Å²) in [4.78, 5) is 14.7. The van der Waals surface area contributed by atoms with Gasteiger partial charge in [0.05, 0.1) is 0 Å². The molecule has 0 radical (unpaired) electrons. The fraction of sp³-hybridized carbons (Fsp3) is 0.353. The highest BCUT2D eigenvalue weighted by Crippen LogP contribution is 2.34. The maximum Gasteiger partial charge on any atom is 0.231 e. The minimum absolute atomic E-state index is 0.0254. The molecule has 5 rings (SSSR count). The van der Waals surface area contributed by atoms with Gasteiger partial charge < -0.3 is 19.7 Å². The summed E-state index contributed by atoms with van der Waals surface area (Å²) in [6.07, 6.45) is 1.51. The molecule has 27 heavy (non-hydrogen) atoms. The van der Waals surface area contributed by atoms with E-state index in [0.717, 1.165) is 37.4 Å². The molecule has 0 spiro atoms. The van der Waals surface area contributed by atoms with E-state index in [-0.39, 0.29) is 18.6 Å². The van der Waals surface area contributed by atoms with Crippen molar-refractivity contribution in [1.29, 1.82) is 0 Å². The maximum absolute atomic E-state index is 12.6. The number of anilines is 2. The van der Waals surface area contributed by atoms with Crippen molar-refractivity contribution in [3.63, 3.8) is 0 Å². The smallest absolute Gasteiger partial charge is 0.231 e. The molecule has 0 saturated carbocycles. The van der Waals surface area contributed by atoms with E-state index in [1.165, 1.54) is 4.63 Å². The lowest BCUT2D eigenvalue weighted by molar-refractivity contribution is -0.120. The van der Waals surface area contributed by atoms with Crippen LogP contribution in [0, 0.1) is 5.92 Å². The Morgan fingerprint density at radius 1 is 1.11 bits per heavy atom. The second-order valence-corrected chi connectivity index (χ2v) is 6.54. The van der Waals surface area contributed by atoms with Gasteiger partial charge in [0.1, 0.15) is 0 Å². The molecule has 1 aromatic carbocycles. The van der Waals surface area contributed by atoms with Gasteiger partial charge in [0.25, 0.3) is 0 Å². The second kappa shape index (κ2) is 6.38. The number of amides is 1. The molecule has 1 N–H and O–H groups in total. The minimum atomic E-state index is -0.0385. The van der Waals surface area contributed by atoms with Gasteiger partial charge >= 0.3 is 0 Å². The van der Waals surface area contributed by atoms with Crippen molar-refractivity contribution in [3.05, 3.63) is 30.3 Å². The number of tetrazole rings is 1. The Morgan fingerprint density at radius 3 is 2.85 bits per heavy atom. The lowest BCUT2D eigenvalue weighted by Gasteiger charge is -2.31. The van der Waals surface area contributed by atoms with Crippen LogP contribution in [0.5, 0.6) is 11.5 Å². The lowest BCUT2D eigenvalue weighted by Crippen LogP contribution is -2.38. The molecule has 0 atom stereocenters. The number of carbonyl (C=O) groups is 1. The molecule has 1 saturated heterocycles. The highest BCUT2D eigenvalue weighted by molar-refractivity contribution is 5.93. The van der Waals surface area contributed by atoms with Gasteiger partial charge in [-0.15, -0.1) is 14.8 Å². The number of fused-ring (bicyclic) bond motifs is 2. The summed E-state index contributed by atoms with van der Waals surface area (Å²) in [5, 5.41) is 18.7. The molecule has 4 heterocycles. The topological polar surface area (TPSA) is 107 Å². The van der Waals surface area contributed by atoms with Gasteiger partial charge in [-0.25, -0.2) is 0 Å². The Balaban J connectivity index is 1.21. The molecule has 1 fully saturated rings. The van der Waals surface area contributed by atoms with Crippen molar-refractivity contribution in [2.24, 2.45) is 5.92 Å². The van der Waals surface area contributed by atoms with Crippen LogP contribution >= 0.6 is 0 Å². The largest absolute Gasteiger partial charge is 0.454 e. The lowest BCUT2D eigenvalue weighted by atomic mass is 9.96. The van der Waals surface area contributed by atoms with E-state index in [1.54, 1.807) is 12.1 Å². The Kier molecular flexibility index (Phi) is 3.73. The number of aromatic nitrogens is 5. The van der Waals surface area contributed by atoms with Gasteiger partial charge in [0.15, 0.2) is 23.0 Å². The number of nitrogens with one attached hydrogen (secondary N) is 1. The third kappa shape index (κ3) is 2.98. The van der Waals surface area contributed by atoms with Gasteiger partial charge in [0.2, 0.25) is 12.7 Å². The summed E-state index contributed by atoms with van der Waals surface area (Å²) in [6.45, 7) is 1.72. The van der Waals surface area contributed by atoms with Crippen molar-refractivity contribution >= 4 is 23.1 Å². The first-order chi connectivity index (χ1) is 13.3. The molecule has 138 valence electrons. The Bertz CT molecular complexity index is 997. The van der Waals surface area contributed by atoms with Crippen molar-refractivity contribution in [2.45, 2.75) is 12.8 Å². The normalized spacial score (nSPS) is 16.7. The number of piperidine rings is 1. The average Bonchev–Trinajstić information content (AvgIpc) is 3.36. The predicted molar refractivity (Wildman–Crippen MR) is 94.7 cm³/mol. The molecular formula is C17H17N7O3. The van der Waals surface area contributed by atoms with Crippen LogP contribution in [-0.4, -0.2) is 51.0 Å². The van der Waals surface area contributed by atoms with Crippen LogP contribution in [-0.2, 0) is 4.79 Å². The monoisotopic (exact) mass is 367 g/mol. The van der Waals surface area contributed by atoms with Gasteiger partial charge in [-0.2, -0.15) is 0 Å². The average molecular weight is 367 g/mol. The van der Waals surface area contributed by atoms with E-state index in [4.69, 9.17) is 9.47 Å². The van der Waals surface area contributed by atoms with E-state index >= 15 is 0 Å². The van der Waals surface area contributed by atoms with Crippen molar-refractivity contribution in [3.8, 4) is 11.5 Å². The van der Waals surface area contributed by atoms with Crippen LogP contribution < -0.4 is 19.7 Å². The molecule has 1 amide bonds. The van der Waals surface area contributed by atoms with Gasteiger partial charge in [0, 0.05) is 30.8 Å². The number of rotatable bonds is 3. The molecule has 2 aliphatic rings. The fourth-order valence-electron chi connectivity index (χ4n) is 3.40. The molecule has 2 aromatic heterocycles. The molecule has 0 bridgehead atoms. The van der Waals surface area contributed by atoms with Crippen LogP contribution in [0.2, 0.25) is 0 Å². The van der Waals surface area contributed by atoms with Gasteiger partial charge in [-0.3, -0.25) is 4.79 Å². The maximum atomic E-state index is 12.6. The van der Waals surface area contributed by atoms with E-state index in [9.17, 15) is 4.79 Å². The summed E-state index contributed by atoms with van der Waals surface area (Å²) < 4.78 is 12.1. The predicted octanol–water partition coefficient (Wildman–Crippen LogP) is 1.10. The zero-order valence-corrected chi connectivity index (χ0v) is 14.4. The third-order valence-electron chi connectivity index (χ3n) is 4.89. The number of benzene rings is 1. The molecule has 0 unspecified atom stereocenters. The molecular weight excluding hydrogens is 350 g/mol. The highest BCUT2D eigenvalue weighted by atomic mass is 16.7. The Hall–Kier alpha value is -3.43. The fourth-order valence-corrected chi connectivity index (χ4v) is 3.40. The van der Waals surface area contributed by atoms with Crippen molar-refractivity contribution in [2.75, 3.05) is 30.1 Å². The van der Waals surface area contributed by atoms with E-state index < -0.39 is 0 Å². The van der Waals surface area contributed by atoms with E-state index in [1.807, 2.05) is 18.2 Å². The first-order valence-electron chi connectivity index (χ1n) is 8.77. The number of nitrogens with zero attached hydrogens (tertiary/aromatic N) is 6. The van der Waals surface area contributed by atoms with Gasteiger partial charge in [-0.05, 0) is 47.5 Å². The SMILES string of the molecule is O=C(Nc1ccc2c(c1)OCO2)C1CCN(c2ccc3nnnn3n2)CC1. The van der Waals surface area contributed by atoms with Gasteiger partial charge in [-0.1, -0.05) is 0 Å². The number of hydrogen-bond acceptors (Lipinski definition) is 8. The number of carbonyl (C=O) groups excluding carboxylic acids is 1.